The Morgan fingerprint density at radius 3 is 2.88 bits per heavy atom. The van der Waals surface area contributed by atoms with Gasteiger partial charge in [-0.05, 0) is 23.3 Å². The van der Waals surface area contributed by atoms with Crippen LogP contribution >= 0.6 is 22.6 Å². The van der Waals surface area contributed by atoms with Gasteiger partial charge in [-0.3, -0.25) is 9.69 Å². The Balaban J connectivity index is 2.04. The quantitative estimate of drug-likeness (QED) is 0.501. The predicted molar refractivity (Wildman–Crippen MR) is 74.1 cm³/mol. The number of benzene rings is 1. The largest absolute Gasteiger partial charge is 0.377 e. The van der Waals surface area contributed by atoms with Crippen molar-refractivity contribution in [3.05, 3.63) is 29.3 Å². The van der Waals surface area contributed by atoms with E-state index in [9.17, 15) is 9.59 Å². The molecule has 17 heavy (non-hydrogen) atoms. The number of rotatable bonds is 5. The summed E-state index contributed by atoms with van der Waals surface area (Å²) in [4.78, 5) is 23.4. The van der Waals surface area contributed by atoms with Crippen molar-refractivity contribution >= 4 is 38.4 Å². The second kappa shape index (κ2) is 5.59. The summed E-state index contributed by atoms with van der Waals surface area (Å²) in [5.74, 6) is 0. The highest BCUT2D eigenvalue weighted by Crippen LogP contribution is 2.25. The first-order chi connectivity index (χ1) is 8.19. The molecule has 1 aliphatic heterocycles. The van der Waals surface area contributed by atoms with E-state index in [1.165, 1.54) is 11.1 Å². The number of halogens is 1. The topological polar surface area (TPSA) is 49.4 Å². The first-order valence-electron chi connectivity index (χ1n) is 5.39. The van der Waals surface area contributed by atoms with E-state index in [4.69, 9.17) is 0 Å². The number of anilines is 1. The SMILES string of the molecule is O=CCN1Cc2ccc(NCC(=O)I)cc2C1. The highest BCUT2D eigenvalue weighted by Gasteiger charge is 2.18. The minimum Gasteiger partial charge on any atom is -0.377 e. The summed E-state index contributed by atoms with van der Waals surface area (Å²) >= 11 is 1.77. The summed E-state index contributed by atoms with van der Waals surface area (Å²) in [6, 6.07) is 6.09. The molecular formula is C12H13IN2O2. The minimum absolute atomic E-state index is 0.0886. The van der Waals surface area contributed by atoms with Crippen LogP contribution < -0.4 is 5.32 Å². The van der Waals surface area contributed by atoms with Gasteiger partial charge in [-0.1, -0.05) is 6.07 Å². The molecule has 1 aromatic carbocycles. The Morgan fingerprint density at radius 2 is 2.18 bits per heavy atom. The molecule has 0 saturated carbocycles. The van der Waals surface area contributed by atoms with Crippen LogP contribution in [0.25, 0.3) is 0 Å². The van der Waals surface area contributed by atoms with Crippen molar-refractivity contribution in [3.8, 4) is 0 Å². The highest BCUT2D eigenvalue weighted by atomic mass is 127. The minimum atomic E-state index is 0.0886. The van der Waals surface area contributed by atoms with E-state index in [0.29, 0.717) is 13.1 Å². The molecule has 0 bridgehead atoms. The second-order valence-electron chi connectivity index (χ2n) is 4.03. The van der Waals surface area contributed by atoms with Crippen molar-refractivity contribution in [2.24, 2.45) is 0 Å². The Bertz CT molecular complexity index is 448. The predicted octanol–water partition coefficient (Wildman–Crippen LogP) is 1.57. The van der Waals surface area contributed by atoms with Gasteiger partial charge < -0.3 is 10.1 Å². The van der Waals surface area contributed by atoms with Gasteiger partial charge in [-0.15, -0.1) is 0 Å². The van der Waals surface area contributed by atoms with Gasteiger partial charge in [0, 0.05) is 41.4 Å². The van der Waals surface area contributed by atoms with Gasteiger partial charge in [0.1, 0.15) is 6.29 Å². The highest BCUT2D eigenvalue weighted by molar-refractivity contribution is 14.1. The average Bonchev–Trinajstić information content (AvgIpc) is 2.68. The zero-order valence-electron chi connectivity index (χ0n) is 9.28. The zero-order chi connectivity index (χ0) is 12.3. The fourth-order valence-corrected chi connectivity index (χ4v) is 2.17. The summed E-state index contributed by atoms with van der Waals surface area (Å²) in [5.41, 5.74) is 3.46. The lowest BCUT2D eigenvalue weighted by molar-refractivity contribution is -0.109. The van der Waals surface area contributed by atoms with Crippen LogP contribution in [-0.2, 0) is 22.7 Å². The van der Waals surface area contributed by atoms with Gasteiger partial charge in [-0.2, -0.15) is 0 Å². The lowest BCUT2D eigenvalue weighted by Gasteiger charge is -2.08. The Kier molecular flexibility index (Phi) is 4.11. The third kappa shape index (κ3) is 3.26. The van der Waals surface area contributed by atoms with Gasteiger partial charge in [0.25, 0.3) is 0 Å². The molecule has 0 aliphatic carbocycles. The van der Waals surface area contributed by atoms with Crippen LogP contribution in [0.5, 0.6) is 0 Å². The Morgan fingerprint density at radius 1 is 1.41 bits per heavy atom. The summed E-state index contributed by atoms with van der Waals surface area (Å²) < 4.78 is 0.0886. The molecule has 0 fully saturated rings. The maximum Gasteiger partial charge on any atom is 0.211 e. The number of nitrogens with one attached hydrogen (secondary N) is 1. The van der Waals surface area contributed by atoms with E-state index in [1.54, 1.807) is 22.6 Å². The van der Waals surface area contributed by atoms with Crippen LogP contribution in [0.1, 0.15) is 11.1 Å². The fraction of sp³-hybridized carbons (Fsp3) is 0.333. The number of hydrogen-bond donors (Lipinski definition) is 1. The Hall–Kier alpha value is -0.950. The van der Waals surface area contributed by atoms with Crippen molar-refractivity contribution < 1.29 is 9.59 Å². The maximum atomic E-state index is 10.9. The first-order valence-corrected chi connectivity index (χ1v) is 6.47. The van der Waals surface area contributed by atoms with Gasteiger partial charge in [0.2, 0.25) is 3.79 Å². The van der Waals surface area contributed by atoms with E-state index in [2.05, 4.69) is 22.3 Å². The van der Waals surface area contributed by atoms with Crippen LogP contribution in [0, 0.1) is 0 Å². The number of carbonyl (C=O) groups excluding carboxylic acids is 2. The van der Waals surface area contributed by atoms with Gasteiger partial charge >= 0.3 is 0 Å². The Labute approximate surface area is 114 Å². The fourth-order valence-electron chi connectivity index (χ4n) is 1.98. The summed E-state index contributed by atoms with van der Waals surface area (Å²) in [6.07, 6.45) is 0.930. The van der Waals surface area contributed by atoms with Crippen LogP contribution in [0.4, 0.5) is 5.69 Å². The van der Waals surface area contributed by atoms with Crippen molar-refractivity contribution in [3.63, 3.8) is 0 Å². The normalized spacial score (nSPS) is 14.4. The molecule has 0 amide bonds. The number of aldehydes is 1. The maximum absolute atomic E-state index is 10.9. The molecule has 4 nitrogen and oxygen atoms in total. The first kappa shape index (κ1) is 12.5. The van der Waals surface area contributed by atoms with Crippen LogP contribution in [0.2, 0.25) is 0 Å². The summed E-state index contributed by atoms with van der Waals surface area (Å²) in [6.45, 7) is 2.46. The molecule has 1 aliphatic rings. The van der Waals surface area contributed by atoms with E-state index in [0.717, 1.165) is 25.1 Å². The van der Waals surface area contributed by atoms with Crippen LogP contribution in [0.15, 0.2) is 18.2 Å². The molecule has 0 radical (unpaired) electrons. The summed E-state index contributed by atoms with van der Waals surface area (Å²) in [7, 11) is 0. The smallest absolute Gasteiger partial charge is 0.211 e. The molecule has 0 atom stereocenters. The molecule has 90 valence electrons. The van der Waals surface area contributed by atoms with Crippen LogP contribution in [0.3, 0.4) is 0 Å². The molecule has 1 aromatic rings. The monoisotopic (exact) mass is 344 g/mol. The van der Waals surface area contributed by atoms with Gasteiger partial charge in [0.05, 0.1) is 13.1 Å². The van der Waals surface area contributed by atoms with Crippen molar-refractivity contribution in [1.82, 2.24) is 4.90 Å². The number of nitrogens with zero attached hydrogens (tertiary/aromatic N) is 1. The van der Waals surface area contributed by atoms with E-state index in [1.807, 2.05) is 6.07 Å². The number of hydrogen-bond acceptors (Lipinski definition) is 4. The van der Waals surface area contributed by atoms with Crippen molar-refractivity contribution in [2.75, 3.05) is 18.4 Å². The average molecular weight is 344 g/mol. The molecule has 1 N–H and O–H groups in total. The molecule has 1 heterocycles. The number of fused-ring (bicyclic) bond motifs is 1. The van der Waals surface area contributed by atoms with Crippen molar-refractivity contribution in [2.45, 2.75) is 13.1 Å². The molecule has 0 saturated heterocycles. The summed E-state index contributed by atoms with van der Waals surface area (Å²) in [5, 5.41) is 3.08. The second-order valence-corrected chi connectivity index (χ2v) is 5.23. The molecule has 0 aromatic heterocycles. The van der Waals surface area contributed by atoms with Crippen molar-refractivity contribution in [1.29, 1.82) is 0 Å². The molecule has 0 unspecified atom stereocenters. The molecular weight excluding hydrogens is 331 g/mol. The third-order valence-electron chi connectivity index (χ3n) is 2.76. The zero-order valence-corrected chi connectivity index (χ0v) is 11.4. The van der Waals surface area contributed by atoms with E-state index in [-0.39, 0.29) is 3.79 Å². The molecule has 0 spiro atoms. The standard InChI is InChI=1S/C12H13IN2O2/c13-12(17)6-14-11-2-1-9-7-15(3-4-16)8-10(9)5-11/h1-2,4-5,14H,3,6-8H2. The molecule has 2 rings (SSSR count). The van der Waals surface area contributed by atoms with Gasteiger partial charge in [0.15, 0.2) is 0 Å². The van der Waals surface area contributed by atoms with E-state index < -0.39 is 0 Å². The van der Waals surface area contributed by atoms with E-state index >= 15 is 0 Å². The molecule has 5 heteroatoms. The number of carbonyl (C=O) groups is 2. The lowest BCUT2D eigenvalue weighted by atomic mass is 10.1. The third-order valence-corrected chi connectivity index (χ3v) is 3.14. The van der Waals surface area contributed by atoms with Crippen LogP contribution in [-0.4, -0.2) is 28.1 Å². The lowest BCUT2D eigenvalue weighted by Crippen LogP contribution is -2.18. The van der Waals surface area contributed by atoms with Gasteiger partial charge in [-0.25, -0.2) is 0 Å².